The van der Waals surface area contributed by atoms with Gasteiger partial charge in [0.05, 0.1) is 0 Å². The van der Waals surface area contributed by atoms with Crippen LogP contribution in [0.5, 0.6) is 0 Å². The molecule has 3 aromatic rings. The highest BCUT2D eigenvalue weighted by Crippen LogP contribution is 2.14. The predicted molar refractivity (Wildman–Crippen MR) is 89.7 cm³/mol. The van der Waals surface area contributed by atoms with Crippen LogP contribution in [0.4, 0.5) is 5.82 Å². The molecule has 0 amide bonds. The van der Waals surface area contributed by atoms with Crippen LogP contribution < -0.4 is 4.90 Å². The Morgan fingerprint density at radius 3 is 2.14 bits per heavy atom. The third-order valence-corrected chi connectivity index (χ3v) is 3.55. The van der Waals surface area contributed by atoms with Crippen molar-refractivity contribution in [3.05, 3.63) is 90.4 Å². The van der Waals surface area contributed by atoms with Crippen molar-refractivity contribution >= 4 is 5.82 Å². The third-order valence-electron chi connectivity index (χ3n) is 3.55. The van der Waals surface area contributed by atoms with Crippen LogP contribution >= 0.6 is 0 Å². The fourth-order valence-electron chi connectivity index (χ4n) is 2.41. The second-order valence-corrected chi connectivity index (χ2v) is 5.17. The first-order chi connectivity index (χ1) is 10.9. The summed E-state index contributed by atoms with van der Waals surface area (Å²) in [6.45, 7) is 1.74. The summed E-state index contributed by atoms with van der Waals surface area (Å²) in [6, 6.07) is 22.6. The highest BCUT2D eigenvalue weighted by atomic mass is 15.2. The van der Waals surface area contributed by atoms with E-state index in [-0.39, 0.29) is 0 Å². The van der Waals surface area contributed by atoms with Gasteiger partial charge >= 0.3 is 0 Å². The van der Waals surface area contributed by atoms with Gasteiger partial charge in [-0.15, -0.1) is 0 Å². The average Bonchev–Trinajstić information content (AvgIpc) is 2.61. The van der Waals surface area contributed by atoms with Gasteiger partial charge in [-0.25, -0.2) is 4.98 Å². The van der Waals surface area contributed by atoms with Crippen molar-refractivity contribution in [3.63, 3.8) is 0 Å². The molecule has 0 aliphatic heterocycles. The van der Waals surface area contributed by atoms with Gasteiger partial charge in [-0.3, -0.25) is 4.98 Å². The Morgan fingerprint density at radius 2 is 1.45 bits per heavy atom. The monoisotopic (exact) mass is 289 g/mol. The number of rotatable bonds is 6. The van der Waals surface area contributed by atoms with E-state index in [4.69, 9.17) is 0 Å². The molecule has 0 aliphatic carbocycles. The fourth-order valence-corrected chi connectivity index (χ4v) is 2.41. The van der Waals surface area contributed by atoms with Gasteiger partial charge in [-0.2, -0.15) is 0 Å². The molecule has 3 rings (SSSR count). The Morgan fingerprint density at radius 1 is 0.727 bits per heavy atom. The van der Waals surface area contributed by atoms with E-state index in [1.165, 1.54) is 5.56 Å². The van der Waals surface area contributed by atoms with Gasteiger partial charge in [0.1, 0.15) is 5.82 Å². The van der Waals surface area contributed by atoms with E-state index < -0.39 is 0 Å². The Labute approximate surface area is 131 Å². The van der Waals surface area contributed by atoms with Gasteiger partial charge in [-0.05, 0) is 29.8 Å². The van der Waals surface area contributed by atoms with Gasteiger partial charge < -0.3 is 4.90 Å². The van der Waals surface area contributed by atoms with Crippen molar-refractivity contribution in [3.8, 4) is 0 Å². The zero-order valence-corrected chi connectivity index (χ0v) is 12.5. The first-order valence-electron chi connectivity index (χ1n) is 7.51. The fraction of sp³-hybridized carbons (Fsp3) is 0.158. The second-order valence-electron chi connectivity index (χ2n) is 5.17. The molecule has 0 saturated carbocycles. The first kappa shape index (κ1) is 14.3. The highest BCUT2D eigenvalue weighted by molar-refractivity contribution is 5.39. The molecule has 0 radical (unpaired) electrons. The summed E-state index contributed by atoms with van der Waals surface area (Å²) in [4.78, 5) is 11.2. The van der Waals surface area contributed by atoms with Crippen molar-refractivity contribution in [2.45, 2.75) is 13.0 Å². The van der Waals surface area contributed by atoms with Gasteiger partial charge in [0.15, 0.2) is 0 Å². The molecule has 0 N–H and O–H groups in total. The zero-order valence-electron chi connectivity index (χ0n) is 12.5. The first-order valence-corrected chi connectivity index (χ1v) is 7.51. The molecule has 0 spiro atoms. The number of hydrogen-bond acceptors (Lipinski definition) is 3. The minimum atomic E-state index is 0.852. The van der Waals surface area contributed by atoms with Crippen LogP contribution in [0.1, 0.15) is 11.3 Å². The lowest BCUT2D eigenvalue weighted by Gasteiger charge is -2.23. The normalized spacial score (nSPS) is 10.4. The van der Waals surface area contributed by atoms with Crippen LogP contribution in [0.2, 0.25) is 0 Å². The van der Waals surface area contributed by atoms with E-state index in [0.29, 0.717) is 0 Å². The molecular formula is C19H19N3. The van der Waals surface area contributed by atoms with Gasteiger partial charge in [0.25, 0.3) is 0 Å². The summed E-state index contributed by atoms with van der Waals surface area (Å²) >= 11 is 0. The van der Waals surface area contributed by atoms with E-state index in [1.807, 2.05) is 42.7 Å². The summed E-state index contributed by atoms with van der Waals surface area (Å²) < 4.78 is 0. The van der Waals surface area contributed by atoms with Crippen molar-refractivity contribution in [1.29, 1.82) is 0 Å². The molecule has 0 bridgehead atoms. The maximum absolute atomic E-state index is 4.49. The second kappa shape index (κ2) is 7.36. The molecule has 0 saturated heterocycles. The van der Waals surface area contributed by atoms with Gasteiger partial charge in [-0.1, -0.05) is 42.5 Å². The van der Waals surface area contributed by atoms with E-state index >= 15 is 0 Å². The minimum Gasteiger partial charge on any atom is -0.352 e. The molecular weight excluding hydrogens is 270 g/mol. The van der Waals surface area contributed by atoms with Crippen LogP contribution in [0.3, 0.4) is 0 Å². The maximum Gasteiger partial charge on any atom is 0.128 e. The van der Waals surface area contributed by atoms with Crippen LogP contribution in [-0.2, 0) is 13.0 Å². The molecule has 0 unspecified atom stereocenters. The van der Waals surface area contributed by atoms with Gasteiger partial charge in [0.2, 0.25) is 0 Å². The summed E-state index contributed by atoms with van der Waals surface area (Å²) in [5.41, 5.74) is 2.39. The maximum atomic E-state index is 4.49. The van der Waals surface area contributed by atoms with Crippen molar-refractivity contribution in [2.75, 3.05) is 11.4 Å². The summed E-state index contributed by atoms with van der Waals surface area (Å²) in [5.74, 6) is 1.00. The van der Waals surface area contributed by atoms with Crippen LogP contribution in [0, 0.1) is 0 Å². The minimum absolute atomic E-state index is 0.852. The molecule has 1 aromatic carbocycles. The highest BCUT2D eigenvalue weighted by Gasteiger charge is 2.09. The number of pyridine rings is 2. The Bertz CT molecular complexity index is 669. The lowest BCUT2D eigenvalue weighted by Crippen LogP contribution is -2.26. The topological polar surface area (TPSA) is 29.0 Å². The molecule has 22 heavy (non-hydrogen) atoms. The summed E-state index contributed by atoms with van der Waals surface area (Å²) in [7, 11) is 0. The Hall–Kier alpha value is -2.68. The SMILES string of the molecule is c1ccc(CN(CCc2ccccn2)c2ccccn2)cc1. The van der Waals surface area contributed by atoms with Gasteiger partial charge in [0, 0.05) is 37.6 Å². The standard InChI is InChI=1S/C19H19N3/c1-2-8-17(9-3-1)16-22(19-11-5-7-14-21-19)15-12-18-10-4-6-13-20-18/h1-11,13-14H,12,15-16H2. The van der Waals surface area contributed by atoms with Crippen molar-refractivity contribution < 1.29 is 0 Å². The van der Waals surface area contributed by atoms with Crippen molar-refractivity contribution in [1.82, 2.24) is 9.97 Å². The van der Waals surface area contributed by atoms with E-state index in [9.17, 15) is 0 Å². The molecule has 110 valence electrons. The van der Waals surface area contributed by atoms with Crippen LogP contribution in [-0.4, -0.2) is 16.5 Å². The number of nitrogens with zero attached hydrogens (tertiary/aromatic N) is 3. The lowest BCUT2D eigenvalue weighted by molar-refractivity contribution is 0.758. The molecule has 0 fully saturated rings. The summed E-state index contributed by atoms with van der Waals surface area (Å²) in [5, 5.41) is 0. The van der Waals surface area contributed by atoms with E-state index in [2.05, 4.69) is 51.3 Å². The average molecular weight is 289 g/mol. The Kier molecular flexibility index (Phi) is 4.77. The third kappa shape index (κ3) is 3.92. The number of aromatic nitrogens is 2. The molecule has 2 heterocycles. The van der Waals surface area contributed by atoms with E-state index in [1.54, 1.807) is 0 Å². The quantitative estimate of drug-likeness (QED) is 0.692. The molecule has 0 aliphatic rings. The lowest BCUT2D eigenvalue weighted by atomic mass is 10.2. The number of hydrogen-bond donors (Lipinski definition) is 0. The summed E-state index contributed by atoms with van der Waals surface area (Å²) in [6.07, 6.45) is 4.59. The van der Waals surface area contributed by atoms with Crippen LogP contribution in [0.15, 0.2) is 79.1 Å². The molecule has 3 nitrogen and oxygen atoms in total. The molecule has 3 heteroatoms. The van der Waals surface area contributed by atoms with Crippen molar-refractivity contribution in [2.24, 2.45) is 0 Å². The largest absolute Gasteiger partial charge is 0.352 e. The van der Waals surface area contributed by atoms with E-state index in [0.717, 1.165) is 31.0 Å². The zero-order chi connectivity index (χ0) is 15.0. The predicted octanol–water partition coefficient (Wildman–Crippen LogP) is 3.73. The number of anilines is 1. The molecule has 2 aromatic heterocycles. The molecule has 0 atom stereocenters. The number of benzene rings is 1. The Balaban J connectivity index is 1.74. The smallest absolute Gasteiger partial charge is 0.128 e. The van der Waals surface area contributed by atoms with Crippen LogP contribution in [0.25, 0.3) is 0 Å².